The molecule has 0 amide bonds. The molecule has 0 aliphatic rings. The highest BCUT2D eigenvalue weighted by Crippen LogP contribution is 2.52. The van der Waals surface area contributed by atoms with E-state index in [1.54, 1.807) is 0 Å². The number of pyridine rings is 1. The number of aryl methyl sites for hydroxylation is 1. The molecule has 11 heteroatoms. The summed E-state index contributed by atoms with van der Waals surface area (Å²) in [5.41, 5.74) is -7.31. The SMILES string of the molecule is CCCCn1c(=O)c2c(OC)cc(OC)cc2c2cc(C(F)(C(O)(F)F)C(F)(F)F)ccc21. The lowest BCUT2D eigenvalue weighted by atomic mass is 9.91. The first-order valence-corrected chi connectivity index (χ1v) is 9.90. The molecule has 1 atom stereocenters. The van der Waals surface area contributed by atoms with Crippen LogP contribution in [0.25, 0.3) is 21.7 Å². The number of fused-ring (bicyclic) bond motifs is 3. The Balaban J connectivity index is 2.54. The van der Waals surface area contributed by atoms with Crippen molar-refractivity contribution in [1.82, 2.24) is 4.57 Å². The largest absolute Gasteiger partial charge is 0.497 e. The van der Waals surface area contributed by atoms with Crippen molar-refractivity contribution in [2.75, 3.05) is 14.2 Å². The minimum Gasteiger partial charge on any atom is -0.497 e. The molecule has 0 radical (unpaired) electrons. The standard InChI is InChI=1S/C22H21F6NO4/c1-4-5-8-29-16-7-6-12(20(23,21(24,25)26)22(27,28)31)9-14(16)15-10-13(32-2)11-17(33-3)18(15)19(29)30/h6-7,9-11,31H,4-5,8H2,1-3H3. The smallest absolute Gasteiger partial charge is 0.435 e. The predicted molar refractivity (Wildman–Crippen MR) is 110 cm³/mol. The Bertz CT molecular complexity index is 1230. The summed E-state index contributed by atoms with van der Waals surface area (Å²) in [4.78, 5) is 13.3. The first-order valence-electron chi connectivity index (χ1n) is 9.90. The molecule has 0 fully saturated rings. The van der Waals surface area contributed by atoms with E-state index >= 15 is 0 Å². The minimum atomic E-state index is -6.14. The number of hydrogen-bond donors (Lipinski definition) is 1. The molecule has 0 aliphatic heterocycles. The summed E-state index contributed by atoms with van der Waals surface area (Å²) >= 11 is 0. The highest BCUT2D eigenvalue weighted by molar-refractivity contribution is 6.08. The first-order chi connectivity index (χ1) is 15.3. The number of nitrogens with zero attached hydrogens (tertiary/aromatic N) is 1. The topological polar surface area (TPSA) is 60.7 Å². The molecule has 5 nitrogen and oxygen atoms in total. The monoisotopic (exact) mass is 477 g/mol. The molecular formula is C22H21F6NO4. The molecule has 0 aliphatic carbocycles. The van der Waals surface area contributed by atoms with Gasteiger partial charge in [0.05, 0.1) is 25.1 Å². The van der Waals surface area contributed by atoms with E-state index in [0.29, 0.717) is 25.0 Å². The van der Waals surface area contributed by atoms with E-state index in [0.717, 1.165) is 6.07 Å². The maximum Gasteiger partial charge on any atom is 0.435 e. The Morgan fingerprint density at radius 3 is 2.15 bits per heavy atom. The maximum absolute atomic E-state index is 14.9. The van der Waals surface area contributed by atoms with Crippen molar-refractivity contribution < 1.29 is 40.9 Å². The van der Waals surface area contributed by atoms with Crippen molar-refractivity contribution in [2.45, 2.75) is 44.3 Å². The number of rotatable bonds is 7. The van der Waals surface area contributed by atoms with Crippen LogP contribution in [0.15, 0.2) is 35.1 Å². The van der Waals surface area contributed by atoms with Gasteiger partial charge in [0.25, 0.3) is 5.56 Å². The van der Waals surface area contributed by atoms with Gasteiger partial charge in [-0.3, -0.25) is 4.79 Å². The van der Waals surface area contributed by atoms with Crippen molar-refractivity contribution >= 4 is 21.7 Å². The zero-order valence-corrected chi connectivity index (χ0v) is 17.9. The molecule has 3 aromatic rings. The van der Waals surface area contributed by atoms with Crippen LogP contribution in [0.5, 0.6) is 11.5 Å². The van der Waals surface area contributed by atoms with Crippen molar-refractivity contribution in [3.05, 3.63) is 46.2 Å². The number of hydrogen-bond acceptors (Lipinski definition) is 4. The summed E-state index contributed by atoms with van der Waals surface area (Å²) in [6.07, 6.45) is -10.7. The van der Waals surface area contributed by atoms with Crippen LogP contribution in [0, 0.1) is 0 Å². The maximum atomic E-state index is 14.9. The van der Waals surface area contributed by atoms with E-state index in [2.05, 4.69) is 0 Å². The third-order valence-corrected chi connectivity index (χ3v) is 5.51. The number of ether oxygens (including phenoxy) is 2. The molecule has 2 aromatic carbocycles. The van der Waals surface area contributed by atoms with Crippen LogP contribution in [0.3, 0.4) is 0 Å². The second-order valence-electron chi connectivity index (χ2n) is 7.49. The van der Waals surface area contributed by atoms with Crippen LogP contribution in [-0.4, -0.2) is 36.2 Å². The summed E-state index contributed by atoms with van der Waals surface area (Å²) in [7, 11) is 2.58. The van der Waals surface area contributed by atoms with Gasteiger partial charge in [0.2, 0.25) is 0 Å². The Labute approximate surface area is 184 Å². The molecule has 0 saturated heterocycles. The molecule has 0 bridgehead atoms. The van der Waals surface area contributed by atoms with Crippen LogP contribution in [0.4, 0.5) is 26.3 Å². The summed E-state index contributed by atoms with van der Waals surface area (Å²) in [5.74, 6) is 0.216. The Morgan fingerprint density at radius 2 is 1.64 bits per heavy atom. The number of benzene rings is 2. The van der Waals surface area contributed by atoms with Crippen LogP contribution >= 0.6 is 0 Å². The first kappa shape index (κ1) is 24.7. The minimum absolute atomic E-state index is 0.0200. The van der Waals surface area contributed by atoms with Crippen molar-refractivity contribution in [3.8, 4) is 11.5 Å². The second kappa shape index (κ2) is 8.44. The Hall–Kier alpha value is -2.95. The van der Waals surface area contributed by atoms with E-state index in [-0.39, 0.29) is 39.7 Å². The van der Waals surface area contributed by atoms with E-state index < -0.39 is 29.1 Å². The van der Waals surface area contributed by atoms with Gasteiger partial charge in [-0.15, -0.1) is 0 Å². The van der Waals surface area contributed by atoms with E-state index in [4.69, 9.17) is 14.6 Å². The number of alkyl halides is 6. The quantitative estimate of drug-likeness (QED) is 0.372. The van der Waals surface area contributed by atoms with Crippen molar-refractivity contribution in [1.29, 1.82) is 0 Å². The van der Waals surface area contributed by atoms with E-state index in [1.807, 2.05) is 6.92 Å². The fourth-order valence-corrected chi connectivity index (χ4v) is 3.79. The van der Waals surface area contributed by atoms with Gasteiger partial charge in [0, 0.05) is 28.9 Å². The molecule has 3 rings (SSSR count). The van der Waals surface area contributed by atoms with Crippen LogP contribution in [0.2, 0.25) is 0 Å². The zero-order valence-electron chi connectivity index (χ0n) is 17.9. The lowest BCUT2D eigenvalue weighted by molar-refractivity contribution is -0.375. The number of halogens is 6. The third kappa shape index (κ3) is 3.88. The lowest BCUT2D eigenvalue weighted by Gasteiger charge is -2.32. The van der Waals surface area contributed by atoms with Crippen LogP contribution in [-0.2, 0) is 12.2 Å². The van der Waals surface area contributed by atoms with Gasteiger partial charge < -0.3 is 19.1 Å². The third-order valence-electron chi connectivity index (χ3n) is 5.51. The van der Waals surface area contributed by atoms with Gasteiger partial charge in [-0.1, -0.05) is 19.4 Å². The number of methoxy groups -OCH3 is 2. The predicted octanol–water partition coefficient (Wildman–Crippen LogP) is 5.28. The normalized spacial score (nSPS) is 14.5. The average molecular weight is 477 g/mol. The molecular weight excluding hydrogens is 456 g/mol. The summed E-state index contributed by atoms with van der Waals surface area (Å²) in [6.45, 7) is 2.04. The fraction of sp³-hybridized carbons (Fsp3) is 0.409. The molecule has 1 heterocycles. The zero-order chi connectivity index (χ0) is 24.8. The van der Waals surface area contributed by atoms with Gasteiger partial charge in [-0.2, -0.15) is 22.0 Å². The van der Waals surface area contributed by atoms with Gasteiger partial charge in [-0.25, -0.2) is 4.39 Å². The molecule has 33 heavy (non-hydrogen) atoms. The molecule has 0 spiro atoms. The Morgan fingerprint density at radius 1 is 0.970 bits per heavy atom. The van der Waals surface area contributed by atoms with Gasteiger partial charge in [0.1, 0.15) is 11.5 Å². The van der Waals surface area contributed by atoms with Gasteiger partial charge in [-0.05, 0) is 24.6 Å². The molecule has 1 aromatic heterocycles. The van der Waals surface area contributed by atoms with Crippen molar-refractivity contribution in [3.63, 3.8) is 0 Å². The number of aliphatic hydroxyl groups is 1. The van der Waals surface area contributed by atoms with Crippen LogP contribution < -0.4 is 15.0 Å². The highest BCUT2D eigenvalue weighted by atomic mass is 19.4. The second-order valence-corrected chi connectivity index (χ2v) is 7.49. The lowest BCUT2D eigenvalue weighted by Crippen LogP contribution is -2.52. The molecule has 1 N–H and O–H groups in total. The average Bonchev–Trinajstić information content (AvgIpc) is 2.75. The summed E-state index contributed by atoms with van der Waals surface area (Å²) in [5, 5.41) is 8.73. The molecule has 1 unspecified atom stereocenters. The van der Waals surface area contributed by atoms with Gasteiger partial charge in [0.15, 0.2) is 0 Å². The molecule has 180 valence electrons. The Kier molecular flexibility index (Phi) is 6.31. The van der Waals surface area contributed by atoms with E-state index in [1.165, 1.54) is 30.9 Å². The summed E-state index contributed by atoms with van der Waals surface area (Å²) < 4.78 is 94.0. The molecule has 0 saturated carbocycles. The number of unbranched alkanes of at least 4 members (excludes halogenated alkanes) is 1. The van der Waals surface area contributed by atoms with Gasteiger partial charge >= 0.3 is 18.0 Å². The van der Waals surface area contributed by atoms with Crippen LogP contribution in [0.1, 0.15) is 25.3 Å². The van der Waals surface area contributed by atoms with Crippen molar-refractivity contribution in [2.24, 2.45) is 0 Å². The number of aromatic nitrogens is 1. The summed E-state index contributed by atoms with van der Waals surface area (Å²) in [6, 6.07) is 4.72. The highest BCUT2D eigenvalue weighted by Gasteiger charge is 2.72. The fourth-order valence-electron chi connectivity index (χ4n) is 3.79. The van der Waals surface area contributed by atoms with E-state index in [9.17, 15) is 31.1 Å².